The van der Waals surface area contributed by atoms with Crippen molar-refractivity contribution >= 4 is 44.9 Å². The molecule has 0 bridgehead atoms. The minimum absolute atomic E-state index is 0.113. The number of benzene rings is 3. The van der Waals surface area contributed by atoms with E-state index in [0.29, 0.717) is 11.3 Å². The lowest BCUT2D eigenvalue weighted by Gasteiger charge is -2.25. The van der Waals surface area contributed by atoms with Gasteiger partial charge in [0.25, 0.3) is 10.0 Å². The Balaban J connectivity index is 2.07. The van der Waals surface area contributed by atoms with Crippen LogP contribution in [0, 0.1) is 6.92 Å². The molecule has 0 aromatic heterocycles. The smallest absolute Gasteiger partial charge is 0.339 e. The summed E-state index contributed by atoms with van der Waals surface area (Å²) in [7, 11) is -0.312. The van der Waals surface area contributed by atoms with Crippen LogP contribution in [-0.4, -0.2) is 48.2 Å². The summed E-state index contributed by atoms with van der Waals surface area (Å²) in [4.78, 5) is 25.1. The highest BCUT2D eigenvalue weighted by atomic mass is 35.5. The van der Waals surface area contributed by atoms with Gasteiger partial charge in [0.05, 0.1) is 43.3 Å². The van der Waals surface area contributed by atoms with Gasteiger partial charge in [0, 0.05) is 0 Å². The Bertz CT molecular complexity index is 1390. The van der Waals surface area contributed by atoms with Crippen molar-refractivity contribution < 1.29 is 32.2 Å². The number of carbonyl (C=O) groups excluding carboxylic acids is 2. The summed E-state index contributed by atoms with van der Waals surface area (Å²) in [6.45, 7) is 1.11. The fraction of sp³-hybridized carbons (Fsp3) is 0.200. The maximum absolute atomic E-state index is 13.9. The summed E-state index contributed by atoms with van der Waals surface area (Å²) >= 11 is 6.27. The standard InChI is InChI=1S/C25H25ClN2O7S/c1-16-9-11-22(34-3)23(13-16)36(31,32)28(17-10-12-21(33-2)19(26)14-17)15-24(29)27-20-8-6-5-7-18(20)25(30)35-4/h5-14H,15H2,1-4H3,(H,27,29). The number of amides is 1. The Kier molecular flexibility index (Phi) is 8.44. The van der Waals surface area contributed by atoms with E-state index in [0.717, 1.165) is 4.31 Å². The van der Waals surface area contributed by atoms with Crippen LogP contribution in [0.5, 0.6) is 11.5 Å². The van der Waals surface area contributed by atoms with Crippen LogP contribution in [0.25, 0.3) is 0 Å². The minimum atomic E-state index is -4.32. The molecule has 0 radical (unpaired) electrons. The molecule has 0 saturated heterocycles. The highest BCUT2D eigenvalue weighted by Gasteiger charge is 2.31. The number of para-hydroxylation sites is 1. The van der Waals surface area contributed by atoms with E-state index in [1.54, 1.807) is 25.1 Å². The van der Waals surface area contributed by atoms with E-state index < -0.39 is 28.4 Å². The molecule has 0 unspecified atom stereocenters. The van der Waals surface area contributed by atoms with Crippen LogP contribution in [0.1, 0.15) is 15.9 Å². The number of nitrogens with one attached hydrogen (secondary N) is 1. The zero-order valence-electron chi connectivity index (χ0n) is 20.1. The molecule has 1 amide bonds. The highest BCUT2D eigenvalue weighted by Crippen LogP contribution is 2.34. The number of halogens is 1. The average molecular weight is 533 g/mol. The van der Waals surface area contributed by atoms with Crippen molar-refractivity contribution in [1.82, 2.24) is 0 Å². The number of hydrogen-bond donors (Lipinski definition) is 1. The van der Waals surface area contributed by atoms with Gasteiger partial charge < -0.3 is 19.5 Å². The van der Waals surface area contributed by atoms with E-state index in [1.165, 1.54) is 63.8 Å². The van der Waals surface area contributed by atoms with Crippen molar-refractivity contribution in [3.05, 3.63) is 76.8 Å². The van der Waals surface area contributed by atoms with Crippen LogP contribution in [0.15, 0.2) is 65.6 Å². The fourth-order valence-electron chi connectivity index (χ4n) is 3.43. The lowest BCUT2D eigenvalue weighted by atomic mass is 10.2. The summed E-state index contributed by atoms with van der Waals surface area (Å²) in [6.07, 6.45) is 0. The van der Waals surface area contributed by atoms with Gasteiger partial charge in [-0.2, -0.15) is 0 Å². The molecule has 36 heavy (non-hydrogen) atoms. The predicted octanol–water partition coefficient (Wildman–Crippen LogP) is 4.29. The second-order valence-corrected chi connectivity index (χ2v) is 9.81. The number of anilines is 2. The predicted molar refractivity (Wildman–Crippen MR) is 137 cm³/mol. The molecule has 0 saturated carbocycles. The van der Waals surface area contributed by atoms with Gasteiger partial charge in [-0.1, -0.05) is 29.8 Å². The summed E-state index contributed by atoms with van der Waals surface area (Å²) in [5.41, 5.74) is 1.10. The van der Waals surface area contributed by atoms with Gasteiger partial charge in [0.1, 0.15) is 22.9 Å². The number of rotatable bonds is 9. The third-order valence-corrected chi connectivity index (χ3v) is 7.29. The van der Waals surface area contributed by atoms with Crippen LogP contribution in [0.4, 0.5) is 11.4 Å². The summed E-state index contributed by atoms with van der Waals surface area (Å²) in [5, 5.41) is 2.75. The zero-order chi connectivity index (χ0) is 26.5. The molecule has 3 aromatic carbocycles. The molecular formula is C25H25ClN2O7S. The number of carbonyl (C=O) groups is 2. The molecule has 0 atom stereocenters. The van der Waals surface area contributed by atoms with E-state index in [4.69, 9.17) is 25.8 Å². The van der Waals surface area contributed by atoms with Gasteiger partial charge in [0.2, 0.25) is 5.91 Å². The van der Waals surface area contributed by atoms with Crippen molar-refractivity contribution in [3.8, 4) is 11.5 Å². The Morgan fingerprint density at radius 3 is 2.25 bits per heavy atom. The molecule has 0 heterocycles. The maximum atomic E-state index is 13.9. The van der Waals surface area contributed by atoms with Crippen LogP contribution in [-0.2, 0) is 19.6 Å². The van der Waals surface area contributed by atoms with Gasteiger partial charge in [-0.15, -0.1) is 0 Å². The molecule has 0 spiro atoms. The number of methoxy groups -OCH3 is 3. The third kappa shape index (κ3) is 5.72. The number of sulfonamides is 1. The summed E-state index contributed by atoms with van der Waals surface area (Å²) in [5.74, 6) is -0.903. The average Bonchev–Trinajstić information content (AvgIpc) is 2.87. The molecule has 1 N–H and O–H groups in total. The molecular weight excluding hydrogens is 508 g/mol. The van der Waals surface area contributed by atoms with Crippen molar-refractivity contribution in [2.45, 2.75) is 11.8 Å². The number of esters is 1. The molecule has 0 fully saturated rings. The Morgan fingerprint density at radius 1 is 0.944 bits per heavy atom. The summed E-state index contributed by atoms with van der Waals surface area (Å²) in [6, 6.07) is 15.3. The zero-order valence-corrected chi connectivity index (χ0v) is 21.6. The fourth-order valence-corrected chi connectivity index (χ4v) is 5.34. The molecule has 190 valence electrons. The van der Waals surface area contributed by atoms with Crippen molar-refractivity contribution in [3.63, 3.8) is 0 Å². The monoisotopic (exact) mass is 532 g/mol. The Morgan fingerprint density at radius 2 is 1.61 bits per heavy atom. The van der Waals surface area contributed by atoms with Gasteiger partial charge >= 0.3 is 5.97 Å². The molecule has 0 aliphatic carbocycles. The molecule has 3 rings (SSSR count). The summed E-state index contributed by atoms with van der Waals surface area (Å²) < 4.78 is 43.8. The lowest BCUT2D eigenvalue weighted by Crippen LogP contribution is -2.38. The maximum Gasteiger partial charge on any atom is 0.339 e. The van der Waals surface area contributed by atoms with E-state index in [2.05, 4.69) is 5.32 Å². The molecule has 3 aromatic rings. The van der Waals surface area contributed by atoms with Crippen molar-refractivity contribution in [2.24, 2.45) is 0 Å². The highest BCUT2D eigenvalue weighted by molar-refractivity contribution is 7.93. The molecule has 0 aliphatic rings. The third-order valence-electron chi connectivity index (χ3n) is 5.20. The SMILES string of the molecule is COC(=O)c1ccccc1NC(=O)CN(c1ccc(OC)c(Cl)c1)S(=O)(=O)c1cc(C)ccc1OC. The lowest BCUT2D eigenvalue weighted by molar-refractivity contribution is -0.114. The quantitative estimate of drug-likeness (QED) is 0.409. The number of hydrogen-bond acceptors (Lipinski definition) is 7. The normalized spacial score (nSPS) is 10.9. The second-order valence-electron chi connectivity index (χ2n) is 7.57. The van der Waals surface area contributed by atoms with Gasteiger partial charge in [0.15, 0.2) is 0 Å². The number of aryl methyl sites for hydroxylation is 1. The Labute approximate surface area is 214 Å². The topological polar surface area (TPSA) is 111 Å². The second kappa shape index (κ2) is 11.3. The molecule has 11 heteroatoms. The van der Waals surface area contributed by atoms with Gasteiger partial charge in [-0.3, -0.25) is 9.10 Å². The molecule has 0 aliphatic heterocycles. The largest absolute Gasteiger partial charge is 0.495 e. The van der Waals surface area contributed by atoms with Crippen LogP contribution < -0.4 is 19.1 Å². The number of nitrogens with zero attached hydrogens (tertiary/aromatic N) is 1. The van der Waals surface area contributed by atoms with Gasteiger partial charge in [-0.05, 0) is 55.0 Å². The van der Waals surface area contributed by atoms with Gasteiger partial charge in [-0.25, -0.2) is 13.2 Å². The van der Waals surface area contributed by atoms with E-state index >= 15 is 0 Å². The van der Waals surface area contributed by atoms with E-state index in [9.17, 15) is 18.0 Å². The van der Waals surface area contributed by atoms with Crippen LogP contribution in [0.2, 0.25) is 5.02 Å². The first-order valence-electron chi connectivity index (χ1n) is 10.6. The Hall–Kier alpha value is -3.76. The molecule has 9 nitrogen and oxygen atoms in total. The van der Waals surface area contributed by atoms with E-state index in [1.807, 2.05) is 0 Å². The first kappa shape index (κ1) is 26.8. The van der Waals surface area contributed by atoms with Crippen LogP contribution in [0.3, 0.4) is 0 Å². The minimum Gasteiger partial charge on any atom is -0.495 e. The van der Waals surface area contributed by atoms with E-state index in [-0.39, 0.29) is 32.6 Å². The number of ether oxygens (including phenoxy) is 3. The van der Waals surface area contributed by atoms with Crippen LogP contribution >= 0.6 is 11.6 Å². The van der Waals surface area contributed by atoms with Crippen molar-refractivity contribution in [2.75, 3.05) is 37.5 Å². The first-order chi connectivity index (χ1) is 17.1. The first-order valence-corrected chi connectivity index (χ1v) is 12.4. The van der Waals surface area contributed by atoms with Crippen molar-refractivity contribution in [1.29, 1.82) is 0 Å².